The molecule has 1 aliphatic carbocycles. The fraction of sp³-hybridized carbons (Fsp3) is 0.136. The van der Waals surface area contributed by atoms with E-state index in [2.05, 4.69) is 15.6 Å². The first-order chi connectivity index (χ1) is 14.1. The third kappa shape index (κ3) is 3.84. The molecule has 2 aromatic carbocycles. The lowest BCUT2D eigenvalue weighted by Crippen LogP contribution is -2.20. The predicted molar refractivity (Wildman–Crippen MR) is 115 cm³/mol. The molecule has 0 bridgehead atoms. The smallest absolute Gasteiger partial charge is 0.227 e. The van der Waals surface area contributed by atoms with Gasteiger partial charge >= 0.3 is 0 Å². The second-order valence-corrected chi connectivity index (χ2v) is 7.07. The Morgan fingerprint density at radius 2 is 1.93 bits per heavy atom. The van der Waals surface area contributed by atoms with Gasteiger partial charge in [-0.3, -0.25) is 0 Å². The summed E-state index contributed by atoms with van der Waals surface area (Å²) >= 11 is 6.31. The molecule has 29 heavy (non-hydrogen) atoms. The van der Waals surface area contributed by atoms with E-state index in [0.717, 1.165) is 11.3 Å². The van der Waals surface area contributed by atoms with Crippen LogP contribution in [0, 0.1) is 11.2 Å². The average Bonchev–Trinajstić information content (AvgIpc) is 2.72. The molecule has 5 nitrogen and oxygen atoms in total. The topological polar surface area (TPSA) is 73.7 Å². The van der Waals surface area contributed by atoms with E-state index in [9.17, 15) is 4.39 Å². The van der Waals surface area contributed by atoms with Crippen molar-refractivity contribution in [1.82, 2.24) is 15.3 Å². The van der Waals surface area contributed by atoms with Gasteiger partial charge in [0.05, 0.1) is 16.4 Å². The monoisotopic (exact) mass is 407 g/mol. The number of anilines is 2. The number of aryl methyl sites for hydroxylation is 1. The Morgan fingerprint density at radius 1 is 1.14 bits per heavy atom. The van der Waals surface area contributed by atoms with Crippen LogP contribution in [0.4, 0.5) is 16.0 Å². The summed E-state index contributed by atoms with van der Waals surface area (Å²) in [4.78, 5) is 9.13. The number of allylic oxidation sites excluding steroid dienone is 1. The molecule has 1 aliphatic rings. The zero-order chi connectivity index (χ0) is 20.4. The van der Waals surface area contributed by atoms with Crippen LogP contribution in [0.2, 0.25) is 5.02 Å². The zero-order valence-electron chi connectivity index (χ0n) is 15.8. The van der Waals surface area contributed by atoms with Crippen LogP contribution in [-0.2, 0) is 6.42 Å². The SMILES string of the molecule is CN/C(=C1\C(=N)CCc2cnc(Nc3ccccc3)nc21)c1ccc(F)cc1Cl. The van der Waals surface area contributed by atoms with Gasteiger partial charge in [0.2, 0.25) is 5.95 Å². The molecule has 0 fully saturated rings. The van der Waals surface area contributed by atoms with Crippen molar-refractivity contribution in [1.29, 1.82) is 5.41 Å². The largest absolute Gasteiger partial charge is 0.387 e. The maximum absolute atomic E-state index is 13.5. The van der Waals surface area contributed by atoms with E-state index in [1.807, 2.05) is 30.3 Å². The molecular weight excluding hydrogens is 389 g/mol. The van der Waals surface area contributed by atoms with Crippen LogP contribution in [0.25, 0.3) is 11.3 Å². The number of halogens is 2. The lowest BCUT2D eigenvalue weighted by Gasteiger charge is -2.23. The number of aromatic nitrogens is 2. The zero-order valence-corrected chi connectivity index (χ0v) is 16.5. The van der Waals surface area contributed by atoms with E-state index in [4.69, 9.17) is 22.0 Å². The Hall–Kier alpha value is -3.25. The van der Waals surface area contributed by atoms with Crippen molar-refractivity contribution in [2.75, 3.05) is 12.4 Å². The van der Waals surface area contributed by atoms with Crippen molar-refractivity contribution in [3.63, 3.8) is 0 Å². The van der Waals surface area contributed by atoms with Crippen LogP contribution in [0.3, 0.4) is 0 Å². The van der Waals surface area contributed by atoms with Crippen LogP contribution in [0.1, 0.15) is 23.2 Å². The molecule has 0 aliphatic heterocycles. The van der Waals surface area contributed by atoms with Gasteiger partial charge in [0.1, 0.15) is 5.82 Å². The lowest BCUT2D eigenvalue weighted by molar-refractivity contribution is 0.627. The van der Waals surface area contributed by atoms with E-state index in [-0.39, 0.29) is 5.02 Å². The second-order valence-electron chi connectivity index (χ2n) is 6.66. The third-order valence-electron chi connectivity index (χ3n) is 4.78. The van der Waals surface area contributed by atoms with E-state index in [1.165, 1.54) is 12.1 Å². The first kappa shape index (κ1) is 19.1. The minimum absolute atomic E-state index is 0.276. The van der Waals surface area contributed by atoms with Gasteiger partial charge in [0, 0.05) is 35.8 Å². The maximum Gasteiger partial charge on any atom is 0.227 e. The molecule has 0 atom stereocenters. The molecule has 3 aromatic rings. The lowest BCUT2D eigenvalue weighted by atomic mass is 9.87. The number of para-hydroxylation sites is 1. The van der Waals surface area contributed by atoms with Crippen molar-refractivity contribution in [3.8, 4) is 0 Å². The van der Waals surface area contributed by atoms with Crippen LogP contribution >= 0.6 is 11.6 Å². The van der Waals surface area contributed by atoms with Crippen molar-refractivity contribution in [2.24, 2.45) is 0 Å². The quantitative estimate of drug-likeness (QED) is 0.564. The molecule has 0 amide bonds. The van der Waals surface area contributed by atoms with Gasteiger partial charge < -0.3 is 16.0 Å². The van der Waals surface area contributed by atoms with E-state index >= 15 is 0 Å². The number of fused-ring (bicyclic) bond motifs is 1. The van der Waals surface area contributed by atoms with Crippen molar-refractivity contribution in [3.05, 3.63) is 82.4 Å². The highest BCUT2D eigenvalue weighted by atomic mass is 35.5. The fourth-order valence-corrected chi connectivity index (χ4v) is 3.66. The van der Waals surface area contributed by atoms with Gasteiger partial charge in [0.15, 0.2) is 0 Å². The molecule has 4 rings (SSSR count). The highest BCUT2D eigenvalue weighted by Crippen LogP contribution is 2.35. The number of hydrogen-bond acceptors (Lipinski definition) is 5. The summed E-state index contributed by atoms with van der Waals surface area (Å²) in [6.07, 6.45) is 3.05. The van der Waals surface area contributed by atoms with Crippen molar-refractivity contribution in [2.45, 2.75) is 12.8 Å². The summed E-state index contributed by atoms with van der Waals surface area (Å²) in [5, 5.41) is 15.2. The van der Waals surface area contributed by atoms with Gasteiger partial charge in [-0.2, -0.15) is 0 Å². The summed E-state index contributed by atoms with van der Waals surface area (Å²) in [5.41, 5.74) is 4.89. The van der Waals surface area contributed by atoms with Crippen LogP contribution < -0.4 is 10.6 Å². The molecule has 0 unspecified atom stereocenters. The Kier molecular flexibility index (Phi) is 5.27. The molecule has 0 spiro atoms. The highest BCUT2D eigenvalue weighted by Gasteiger charge is 2.26. The molecule has 146 valence electrons. The van der Waals surface area contributed by atoms with Gasteiger partial charge in [-0.15, -0.1) is 0 Å². The average molecular weight is 408 g/mol. The van der Waals surface area contributed by atoms with Crippen molar-refractivity contribution >= 4 is 40.2 Å². The molecule has 1 aromatic heterocycles. The fourth-order valence-electron chi connectivity index (χ4n) is 3.40. The highest BCUT2D eigenvalue weighted by molar-refractivity contribution is 6.35. The molecule has 0 saturated heterocycles. The Morgan fingerprint density at radius 3 is 2.66 bits per heavy atom. The molecule has 0 radical (unpaired) electrons. The number of hydrogen-bond donors (Lipinski definition) is 3. The normalized spacial score (nSPS) is 14.9. The van der Waals surface area contributed by atoms with Gasteiger partial charge in [-0.1, -0.05) is 29.8 Å². The third-order valence-corrected chi connectivity index (χ3v) is 5.09. The number of nitrogens with zero attached hydrogens (tertiary/aromatic N) is 2. The Bertz CT molecular complexity index is 1110. The summed E-state index contributed by atoms with van der Waals surface area (Å²) in [6, 6.07) is 13.9. The summed E-state index contributed by atoms with van der Waals surface area (Å²) in [5.74, 6) is 0.0396. The first-order valence-electron chi connectivity index (χ1n) is 9.20. The maximum atomic E-state index is 13.5. The van der Waals surface area contributed by atoms with E-state index in [0.29, 0.717) is 47.0 Å². The van der Waals surface area contributed by atoms with Crippen molar-refractivity contribution < 1.29 is 4.39 Å². The molecule has 0 saturated carbocycles. The first-order valence-corrected chi connectivity index (χ1v) is 9.58. The van der Waals surface area contributed by atoms with E-state index < -0.39 is 5.82 Å². The molecule has 3 N–H and O–H groups in total. The number of rotatable bonds is 4. The second kappa shape index (κ2) is 8.01. The number of benzene rings is 2. The summed E-state index contributed by atoms with van der Waals surface area (Å²) < 4.78 is 13.5. The number of nitrogens with one attached hydrogen (secondary N) is 3. The van der Waals surface area contributed by atoms with Gasteiger partial charge in [0.25, 0.3) is 0 Å². The summed E-state index contributed by atoms with van der Waals surface area (Å²) in [6.45, 7) is 0. The van der Waals surface area contributed by atoms with Gasteiger partial charge in [-0.25, -0.2) is 14.4 Å². The van der Waals surface area contributed by atoms with Gasteiger partial charge in [-0.05, 0) is 48.7 Å². The molecule has 1 heterocycles. The van der Waals surface area contributed by atoms with Crippen LogP contribution in [-0.4, -0.2) is 22.7 Å². The summed E-state index contributed by atoms with van der Waals surface area (Å²) in [7, 11) is 1.76. The Balaban J connectivity index is 1.85. The Labute approximate surface area is 173 Å². The van der Waals surface area contributed by atoms with Crippen LogP contribution in [0.5, 0.6) is 0 Å². The van der Waals surface area contributed by atoms with Crippen LogP contribution in [0.15, 0.2) is 54.7 Å². The minimum Gasteiger partial charge on any atom is -0.387 e. The minimum atomic E-state index is -0.407. The van der Waals surface area contributed by atoms with E-state index in [1.54, 1.807) is 19.3 Å². The molecular formula is C22H19ClFN5. The predicted octanol–water partition coefficient (Wildman–Crippen LogP) is 5.07. The standard InChI is InChI=1S/C22H19ClFN5/c1-26-21(16-9-8-14(24)11-17(16)23)19-18(25)10-7-13-12-27-22(29-20(13)19)28-15-5-3-2-4-6-15/h2-6,8-9,11-12,25-26H,7,10H2,1H3,(H,27,28,29)/b21-19+,25-18?. The molecule has 7 heteroatoms.